The highest BCUT2D eigenvalue weighted by Gasteiger charge is 2.30. The van der Waals surface area contributed by atoms with Gasteiger partial charge in [-0.15, -0.1) is 0 Å². The van der Waals surface area contributed by atoms with Gasteiger partial charge >= 0.3 is 0 Å². The van der Waals surface area contributed by atoms with Gasteiger partial charge < -0.3 is 4.74 Å². The zero-order chi connectivity index (χ0) is 18.8. The number of nitro groups is 1. The average Bonchev–Trinajstić information content (AvgIpc) is 2.56. The fraction of sp³-hybridized carbons (Fsp3) is 0.600. The first kappa shape index (κ1) is 20.1. The van der Waals surface area contributed by atoms with Crippen molar-refractivity contribution >= 4 is 27.3 Å². The van der Waals surface area contributed by atoms with Crippen molar-refractivity contribution in [2.45, 2.75) is 31.2 Å². The maximum atomic E-state index is 12.6. The number of halogens is 1. The van der Waals surface area contributed by atoms with E-state index in [2.05, 4.69) is 9.62 Å². The first-order chi connectivity index (χ1) is 11.5. The molecular formula is C15H22ClN3O5S. The number of hydrogen-bond acceptors (Lipinski definition) is 6. The number of rotatable bonds is 6. The van der Waals surface area contributed by atoms with Gasteiger partial charge in [0.15, 0.2) is 0 Å². The van der Waals surface area contributed by atoms with Gasteiger partial charge in [0.05, 0.1) is 28.1 Å². The first-order valence-corrected chi connectivity index (χ1v) is 9.68. The number of sulfonamides is 1. The molecule has 0 aliphatic carbocycles. The third kappa shape index (κ3) is 4.68. The Morgan fingerprint density at radius 2 is 1.96 bits per heavy atom. The zero-order valence-electron chi connectivity index (χ0n) is 14.4. The minimum Gasteiger partial charge on any atom is -0.379 e. The van der Waals surface area contributed by atoms with Crippen LogP contribution in [0.4, 0.5) is 5.69 Å². The number of ether oxygens (including phenoxy) is 1. The van der Waals surface area contributed by atoms with Crippen molar-refractivity contribution in [2.24, 2.45) is 0 Å². The molecule has 0 saturated carbocycles. The van der Waals surface area contributed by atoms with E-state index in [-0.39, 0.29) is 27.7 Å². The lowest BCUT2D eigenvalue weighted by Gasteiger charge is -2.40. The lowest BCUT2D eigenvalue weighted by molar-refractivity contribution is -0.385. The quantitative estimate of drug-likeness (QED) is 0.587. The van der Waals surface area contributed by atoms with Gasteiger partial charge in [-0.25, -0.2) is 13.1 Å². The van der Waals surface area contributed by atoms with Crippen LogP contribution in [0.5, 0.6) is 0 Å². The van der Waals surface area contributed by atoms with E-state index < -0.39 is 20.5 Å². The number of hydrogen-bond donors (Lipinski definition) is 1. The molecule has 8 nitrogen and oxygen atoms in total. The molecule has 1 aromatic carbocycles. The van der Waals surface area contributed by atoms with Gasteiger partial charge in [0.2, 0.25) is 10.0 Å². The monoisotopic (exact) mass is 391 g/mol. The van der Waals surface area contributed by atoms with Crippen LogP contribution in [0, 0.1) is 17.0 Å². The second-order valence-electron chi connectivity index (χ2n) is 6.54. The van der Waals surface area contributed by atoms with E-state index in [0.717, 1.165) is 19.2 Å². The Labute approximate surface area is 152 Å². The molecule has 1 aliphatic heterocycles. The SMILES string of the molecule is Cc1c(Cl)cc(S(=O)(=O)NCC(C)(C)N2CCOCC2)cc1[N+](=O)[O-]. The second-order valence-corrected chi connectivity index (χ2v) is 8.72. The Kier molecular flexibility index (Phi) is 6.05. The molecule has 1 aliphatic rings. The molecule has 140 valence electrons. The lowest BCUT2D eigenvalue weighted by atomic mass is 10.0. The lowest BCUT2D eigenvalue weighted by Crippen LogP contribution is -2.55. The van der Waals surface area contributed by atoms with Crippen LogP contribution in [0.15, 0.2) is 17.0 Å². The predicted molar refractivity (Wildman–Crippen MR) is 94.5 cm³/mol. The summed E-state index contributed by atoms with van der Waals surface area (Å²) in [6.07, 6.45) is 0. The normalized spacial score (nSPS) is 16.8. The van der Waals surface area contributed by atoms with Crippen molar-refractivity contribution in [2.75, 3.05) is 32.8 Å². The topological polar surface area (TPSA) is 102 Å². The molecule has 1 heterocycles. The second kappa shape index (κ2) is 7.55. The third-order valence-corrected chi connectivity index (χ3v) is 6.13. The maximum absolute atomic E-state index is 12.6. The van der Waals surface area contributed by atoms with Crippen molar-refractivity contribution in [3.63, 3.8) is 0 Å². The molecule has 2 rings (SSSR count). The predicted octanol–water partition coefficient (Wildman–Crippen LogP) is 1.95. The van der Waals surface area contributed by atoms with Gasteiger partial charge in [-0.1, -0.05) is 11.6 Å². The van der Waals surface area contributed by atoms with Gasteiger partial charge in [0, 0.05) is 36.8 Å². The highest BCUT2D eigenvalue weighted by Crippen LogP contribution is 2.29. The molecule has 0 amide bonds. The summed E-state index contributed by atoms with van der Waals surface area (Å²) in [5.74, 6) is 0. The number of nitrogens with one attached hydrogen (secondary N) is 1. The van der Waals surface area contributed by atoms with Crippen LogP contribution in [0.25, 0.3) is 0 Å². The van der Waals surface area contributed by atoms with Gasteiger partial charge in [0.1, 0.15) is 0 Å². The number of morpholine rings is 1. The van der Waals surface area contributed by atoms with E-state index in [9.17, 15) is 18.5 Å². The van der Waals surface area contributed by atoms with E-state index in [4.69, 9.17) is 16.3 Å². The van der Waals surface area contributed by atoms with Crippen molar-refractivity contribution in [3.8, 4) is 0 Å². The van der Waals surface area contributed by atoms with Crippen molar-refractivity contribution in [1.82, 2.24) is 9.62 Å². The molecule has 0 atom stereocenters. The van der Waals surface area contributed by atoms with Crippen LogP contribution in [0.3, 0.4) is 0 Å². The first-order valence-electron chi connectivity index (χ1n) is 7.81. The molecule has 0 aromatic heterocycles. The van der Waals surface area contributed by atoms with Crippen LogP contribution in [-0.4, -0.2) is 56.6 Å². The highest BCUT2D eigenvalue weighted by molar-refractivity contribution is 7.89. The molecule has 25 heavy (non-hydrogen) atoms. The van der Waals surface area contributed by atoms with Crippen molar-refractivity contribution < 1.29 is 18.1 Å². The van der Waals surface area contributed by atoms with E-state index >= 15 is 0 Å². The molecule has 10 heteroatoms. The van der Waals surface area contributed by atoms with E-state index in [1.54, 1.807) is 0 Å². The molecular weight excluding hydrogens is 370 g/mol. The Morgan fingerprint density at radius 1 is 1.36 bits per heavy atom. The van der Waals surface area contributed by atoms with Crippen LogP contribution >= 0.6 is 11.6 Å². The standard InChI is InChI=1S/C15H22ClN3O5S/c1-11-13(16)8-12(9-14(11)19(20)21)25(22,23)17-10-15(2,3)18-4-6-24-7-5-18/h8-9,17H,4-7,10H2,1-3H3. The Balaban J connectivity index is 2.20. The summed E-state index contributed by atoms with van der Waals surface area (Å²) in [7, 11) is -3.92. The van der Waals surface area contributed by atoms with Gasteiger partial charge in [0.25, 0.3) is 5.69 Å². The molecule has 0 radical (unpaired) electrons. The summed E-state index contributed by atoms with van der Waals surface area (Å²) >= 11 is 5.96. The molecule has 0 spiro atoms. The summed E-state index contributed by atoms with van der Waals surface area (Å²) in [4.78, 5) is 12.4. The van der Waals surface area contributed by atoms with Crippen molar-refractivity contribution in [3.05, 3.63) is 32.8 Å². The number of nitro benzene ring substituents is 1. The molecule has 0 unspecified atom stereocenters. The minimum absolute atomic E-state index is 0.0435. The summed E-state index contributed by atoms with van der Waals surface area (Å²) in [5.41, 5.74) is -0.503. The van der Waals surface area contributed by atoms with Crippen molar-refractivity contribution in [1.29, 1.82) is 0 Å². The van der Waals surface area contributed by atoms with E-state index in [1.807, 2.05) is 13.8 Å². The summed E-state index contributed by atoms with van der Waals surface area (Å²) in [6, 6.07) is 2.26. The smallest absolute Gasteiger partial charge is 0.275 e. The summed E-state index contributed by atoms with van der Waals surface area (Å²) < 4.78 is 33.0. The Morgan fingerprint density at radius 3 is 2.52 bits per heavy atom. The molecule has 1 fully saturated rings. The largest absolute Gasteiger partial charge is 0.379 e. The van der Waals surface area contributed by atoms with Gasteiger partial charge in [-0.3, -0.25) is 15.0 Å². The Bertz CT molecular complexity index is 761. The van der Waals surface area contributed by atoms with Crippen LogP contribution in [0.2, 0.25) is 5.02 Å². The summed E-state index contributed by atoms with van der Waals surface area (Å²) in [6.45, 7) is 8.16. The maximum Gasteiger partial charge on any atom is 0.275 e. The third-order valence-electron chi connectivity index (χ3n) is 4.36. The summed E-state index contributed by atoms with van der Waals surface area (Å²) in [5, 5.41) is 11.1. The molecule has 1 N–H and O–H groups in total. The van der Waals surface area contributed by atoms with Gasteiger partial charge in [-0.05, 0) is 26.8 Å². The van der Waals surface area contributed by atoms with E-state index in [1.165, 1.54) is 13.0 Å². The van der Waals surface area contributed by atoms with Gasteiger partial charge in [-0.2, -0.15) is 0 Å². The highest BCUT2D eigenvalue weighted by atomic mass is 35.5. The Hall–Kier alpha value is -1.26. The van der Waals surface area contributed by atoms with Crippen LogP contribution in [0.1, 0.15) is 19.4 Å². The zero-order valence-corrected chi connectivity index (χ0v) is 16.0. The fourth-order valence-electron chi connectivity index (χ4n) is 2.62. The molecule has 1 saturated heterocycles. The molecule has 0 bridgehead atoms. The number of nitrogens with zero attached hydrogens (tertiary/aromatic N) is 2. The molecule has 1 aromatic rings. The average molecular weight is 392 g/mol. The minimum atomic E-state index is -3.92. The number of benzene rings is 1. The van der Waals surface area contributed by atoms with Crippen LogP contribution < -0.4 is 4.72 Å². The van der Waals surface area contributed by atoms with Crippen LogP contribution in [-0.2, 0) is 14.8 Å². The van der Waals surface area contributed by atoms with E-state index in [0.29, 0.717) is 13.2 Å². The fourth-order valence-corrected chi connectivity index (χ4v) is 4.15.